The van der Waals surface area contributed by atoms with Crippen LogP contribution in [0.2, 0.25) is 0 Å². The lowest BCUT2D eigenvalue weighted by atomic mass is 10.00. The highest BCUT2D eigenvalue weighted by Gasteiger charge is 2.30. The van der Waals surface area contributed by atoms with Gasteiger partial charge in [0.15, 0.2) is 0 Å². The second kappa shape index (κ2) is 7.24. The lowest BCUT2D eigenvalue weighted by Gasteiger charge is -2.24. The normalized spacial score (nSPS) is 17.8. The molecular weight excluding hydrogens is 376 g/mol. The van der Waals surface area contributed by atoms with Crippen LogP contribution in [0, 0.1) is 0 Å². The molecule has 0 radical (unpaired) electrons. The van der Waals surface area contributed by atoms with Gasteiger partial charge in [-0.2, -0.15) is 8.42 Å². The number of para-hydroxylation sites is 1. The van der Waals surface area contributed by atoms with Crippen molar-refractivity contribution in [2.75, 3.05) is 18.1 Å². The number of hydrogen-bond donors (Lipinski definition) is 0. The molecule has 3 aliphatic heterocycles. The Morgan fingerprint density at radius 2 is 1.82 bits per heavy atom. The van der Waals surface area contributed by atoms with E-state index in [2.05, 4.69) is 29.2 Å². The lowest BCUT2D eigenvalue weighted by Crippen LogP contribution is -2.32. The van der Waals surface area contributed by atoms with Gasteiger partial charge in [0.2, 0.25) is 11.8 Å². The zero-order chi connectivity index (χ0) is 19.7. The standard InChI is InChI=1S/C11H11NO.C10H9NO3S/c13-10-5-4-8-2-1-3-9-6-7-12(10)11(8)9;1-2-7-14-10-8-5-3-4-6-9(8)15(12,13)11-10/h1-3H,4-7H2;2-6H,1,7H2. The highest BCUT2D eigenvalue weighted by Crippen LogP contribution is 2.36. The monoisotopic (exact) mass is 396 g/mol. The van der Waals surface area contributed by atoms with Gasteiger partial charge in [-0.1, -0.05) is 43.0 Å². The van der Waals surface area contributed by atoms with E-state index in [-0.39, 0.29) is 17.4 Å². The van der Waals surface area contributed by atoms with Crippen molar-refractivity contribution in [2.45, 2.75) is 24.2 Å². The maximum absolute atomic E-state index is 11.5. The van der Waals surface area contributed by atoms with Gasteiger partial charge in [0, 0.05) is 13.0 Å². The third-order valence-electron chi connectivity index (χ3n) is 4.92. The van der Waals surface area contributed by atoms with E-state index in [4.69, 9.17) is 4.74 Å². The van der Waals surface area contributed by atoms with Crippen molar-refractivity contribution in [3.63, 3.8) is 0 Å². The highest BCUT2D eigenvalue weighted by atomic mass is 32.2. The minimum atomic E-state index is -3.56. The van der Waals surface area contributed by atoms with E-state index in [9.17, 15) is 13.2 Å². The molecule has 3 heterocycles. The van der Waals surface area contributed by atoms with Gasteiger partial charge in [0.25, 0.3) is 10.0 Å². The van der Waals surface area contributed by atoms with Crippen molar-refractivity contribution < 1.29 is 17.9 Å². The van der Waals surface area contributed by atoms with E-state index in [1.165, 1.54) is 29.0 Å². The number of hydrogen-bond acceptors (Lipinski definition) is 4. The molecule has 2 aromatic carbocycles. The Morgan fingerprint density at radius 3 is 2.61 bits per heavy atom. The van der Waals surface area contributed by atoms with Crippen LogP contribution in [0.5, 0.6) is 0 Å². The smallest absolute Gasteiger partial charge is 0.286 e. The molecule has 0 spiro atoms. The van der Waals surface area contributed by atoms with Crippen LogP contribution in [-0.2, 0) is 32.4 Å². The van der Waals surface area contributed by atoms with Gasteiger partial charge in [-0.05, 0) is 36.1 Å². The number of amides is 1. The second-order valence-electron chi connectivity index (χ2n) is 6.69. The third-order valence-corrected chi connectivity index (χ3v) is 6.24. The van der Waals surface area contributed by atoms with Crippen LogP contribution in [0.3, 0.4) is 0 Å². The number of anilines is 1. The molecule has 0 fully saturated rings. The number of nitrogens with zero attached hydrogens (tertiary/aromatic N) is 2. The maximum Gasteiger partial charge on any atom is 0.286 e. The van der Waals surface area contributed by atoms with Crippen molar-refractivity contribution in [2.24, 2.45) is 4.40 Å². The van der Waals surface area contributed by atoms with Crippen LogP contribution in [0.4, 0.5) is 5.69 Å². The van der Waals surface area contributed by atoms with Crippen molar-refractivity contribution in [1.29, 1.82) is 0 Å². The van der Waals surface area contributed by atoms with Crippen LogP contribution < -0.4 is 4.90 Å². The molecule has 7 heteroatoms. The van der Waals surface area contributed by atoms with Crippen LogP contribution in [0.25, 0.3) is 0 Å². The van der Waals surface area contributed by atoms with Gasteiger partial charge in [-0.25, -0.2) is 0 Å². The molecule has 2 aromatic rings. The molecular formula is C21H20N2O4S. The summed E-state index contributed by atoms with van der Waals surface area (Å²) in [5.41, 5.74) is 4.44. The Morgan fingerprint density at radius 1 is 1.07 bits per heavy atom. The fourth-order valence-corrected chi connectivity index (χ4v) is 4.83. The van der Waals surface area contributed by atoms with Gasteiger partial charge in [0.1, 0.15) is 11.5 Å². The number of ether oxygens (including phenoxy) is 1. The summed E-state index contributed by atoms with van der Waals surface area (Å²) in [6.45, 7) is 4.62. The van der Waals surface area contributed by atoms with Crippen LogP contribution in [0.1, 0.15) is 23.1 Å². The first kappa shape index (κ1) is 18.4. The SMILES string of the molecule is C=CCOC1=NS(=O)(=O)c2ccccc21.O=C1CCc2cccc3c2N1CC3. The highest BCUT2D eigenvalue weighted by molar-refractivity contribution is 7.90. The topological polar surface area (TPSA) is 76.0 Å². The molecule has 0 bridgehead atoms. The molecule has 0 unspecified atom stereocenters. The molecule has 0 aromatic heterocycles. The summed E-state index contributed by atoms with van der Waals surface area (Å²) in [5, 5.41) is 0. The van der Waals surface area contributed by atoms with E-state index >= 15 is 0 Å². The number of aryl methyl sites for hydroxylation is 1. The fourth-order valence-electron chi connectivity index (χ4n) is 3.68. The number of rotatable bonds is 2. The average Bonchev–Trinajstić information content (AvgIpc) is 3.25. The fraction of sp³-hybridized carbons (Fsp3) is 0.238. The van der Waals surface area contributed by atoms with E-state index in [0.29, 0.717) is 17.9 Å². The van der Waals surface area contributed by atoms with Crippen LogP contribution in [0.15, 0.2) is 64.4 Å². The molecule has 6 nitrogen and oxygen atoms in total. The van der Waals surface area contributed by atoms with Gasteiger partial charge in [0.05, 0.1) is 11.3 Å². The number of fused-ring (bicyclic) bond motifs is 1. The predicted molar refractivity (Wildman–Crippen MR) is 107 cm³/mol. The molecule has 0 saturated carbocycles. The lowest BCUT2D eigenvalue weighted by molar-refractivity contribution is -0.118. The summed E-state index contributed by atoms with van der Waals surface area (Å²) in [6.07, 6.45) is 4.19. The summed E-state index contributed by atoms with van der Waals surface area (Å²) in [4.78, 5) is 13.7. The van der Waals surface area contributed by atoms with Crippen molar-refractivity contribution in [3.8, 4) is 0 Å². The molecule has 0 aliphatic carbocycles. The first-order valence-corrected chi connectivity index (χ1v) is 10.5. The largest absolute Gasteiger partial charge is 0.472 e. The zero-order valence-electron chi connectivity index (χ0n) is 15.3. The number of sulfonamides is 1. The second-order valence-corrected chi connectivity index (χ2v) is 8.26. The number of benzene rings is 2. The minimum absolute atomic E-state index is 0.144. The molecule has 0 atom stereocenters. The van der Waals surface area contributed by atoms with E-state index < -0.39 is 10.0 Å². The Kier molecular flexibility index (Phi) is 4.77. The molecule has 0 N–H and O–H groups in total. The zero-order valence-corrected chi connectivity index (χ0v) is 16.1. The van der Waals surface area contributed by atoms with Gasteiger partial charge in [-0.15, -0.1) is 4.40 Å². The summed E-state index contributed by atoms with van der Waals surface area (Å²) in [5.74, 6) is 0.447. The summed E-state index contributed by atoms with van der Waals surface area (Å²) in [7, 11) is -3.56. The molecule has 3 aliphatic rings. The maximum atomic E-state index is 11.5. The average molecular weight is 396 g/mol. The first-order valence-electron chi connectivity index (χ1n) is 9.10. The Labute approximate surface area is 164 Å². The number of carbonyl (C=O) groups excluding carboxylic acids is 1. The molecule has 0 saturated heterocycles. The third kappa shape index (κ3) is 3.22. The number of carbonyl (C=O) groups is 1. The first-order chi connectivity index (χ1) is 13.5. The Hall–Kier alpha value is -2.93. The quantitative estimate of drug-likeness (QED) is 0.732. The van der Waals surface area contributed by atoms with Crippen LogP contribution in [-0.4, -0.2) is 33.4 Å². The van der Waals surface area contributed by atoms with E-state index in [0.717, 1.165) is 19.4 Å². The Balaban J connectivity index is 0.000000138. The summed E-state index contributed by atoms with van der Waals surface area (Å²) < 4.78 is 31.8. The molecule has 5 rings (SSSR count). The summed E-state index contributed by atoms with van der Waals surface area (Å²) in [6, 6.07) is 13.0. The molecule has 144 valence electrons. The van der Waals surface area contributed by atoms with E-state index in [1.807, 2.05) is 4.90 Å². The van der Waals surface area contributed by atoms with Crippen LogP contribution >= 0.6 is 0 Å². The van der Waals surface area contributed by atoms with Gasteiger partial charge >= 0.3 is 0 Å². The molecule has 28 heavy (non-hydrogen) atoms. The molecule has 1 amide bonds. The van der Waals surface area contributed by atoms with E-state index in [1.54, 1.807) is 18.2 Å². The van der Waals surface area contributed by atoms with Crippen molar-refractivity contribution in [3.05, 3.63) is 71.8 Å². The van der Waals surface area contributed by atoms with Gasteiger partial charge < -0.3 is 9.64 Å². The summed E-state index contributed by atoms with van der Waals surface area (Å²) >= 11 is 0. The van der Waals surface area contributed by atoms with Gasteiger partial charge in [-0.3, -0.25) is 4.79 Å². The minimum Gasteiger partial charge on any atom is -0.472 e. The Bertz CT molecular complexity index is 1090. The predicted octanol–water partition coefficient (Wildman–Crippen LogP) is 2.86. The van der Waals surface area contributed by atoms with Crippen molar-refractivity contribution >= 4 is 27.5 Å². The van der Waals surface area contributed by atoms with Crippen molar-refractivity contribution in [1.82, 2.24) is 0 Å².